The molecule has 0 aliphatic rings. The van der Waals surface area contributed by atoms with Crippen molar-refractivity contribution in [1.82, 2.24) is 15.1 Å². The number of nitrogens with one attached hydrogen (secondary N) is 1. The number of aryl methyl sites for hydroxylation is 1. The van der Waals surface area contributed by atoms with Gasteiger partial charge in [-0.1, -0.05) is 11.6 Å². The second-order valence-corrected chi connectivity index (χ2v) is 5.28. The van der Waals surface area contributed by atoms with Crippen LogP contribution in [0.3, 0.4) is 0 Å². The lowest BCUT2D eigenvalue weighted by Crippen LogP contribution is -2.27. The molecule has 0 spiro atoms. The SMILES string of the molecule is COc1cn(C)nc1C(C)NC(=O)c1ccc([N+](=O)[O-])cc1Cl. The highest BCUT2D eigenvalue weighted by Crippen LogP contribution is 2.25. The number of hydrogen-bond acceptors (Lipinski definition) is 5. The molecule has 1 unspecified atom stereocenters. The molecule has 23 heavy (non-hydrogen) atoms. The molecule has 1 aromatic carbocycles. The number of hydrogen-bond donors (Lipinski definition) is 1. The summed E-state index contributed by atoms with van der Waals surface area (Å²) in [6.45, 7) is 1.75. The van der Waals surface area contributed by atoms with Gasteiger partial charge in [-0.3, -0.25) is 19.6 Å². The molecule has 1 aromatic heterocycles. The van der Waals surface area contributed by atoms with Gasteiger partial charge >= 0.3 is 0 Å². The predicted molar refractivity (Wildman–Crippen MR) is 83.7 cm³/mol. The second-order valence-electron chi connectivity index (χ2n) is 4.87. The number of benzene rings is 1. The number of halogens is 1. The van der Waals surface area contributed by atoms with Crippen molar-refractivity contribution in [3.63, 3.8) is 0 Å². The van der Waals surface area contributed by atoms with Gasteiger partial charge in [0, 0.05) is 19.2 Å². The molecular formula is C14H15ClN4O4. The molecule has 2 rings (SSSR count). The van der Waals surface area contributed by atoms with Crippen molar-refractivity contribution < 1.29 is 14.5 Å². The van der Waals surface area contributed by atoms with E-state index in [0.717, 1.165) is 6.07 Å². The predicted octanol–water partition coefficient (Wildman–Crippen LogP) is 2.48. The first-order chi connectivity index (χ1) is 10.8. The third kappa shape index (κ3) is 3.59. The molecular weight excluding hydrogens is 324 g/mol. The van der Waals surface area contributed by atoms with Gasteiger partial charge in [-0.15, -0.1) is 0 Å². The minimum atomic E-state index is -0.574. The standard InChI is InChI=1S/C14H15ClN4O4/c1-8(13-12(23-3)7-18(2)17-13)16-14(20)10-5-4-9(19(21)22)6-11(10)15/h4-8H,1-3H3,(H,16,20). The number of nitrogens with zero attached hydrogens (tertiary/aromatic N) is 3. The summed E-state index contributed by atoms with van der Waals surface area (Å²) in [4.78, 5) is 22.4. The Kier molecular flexibility index (Phi) is 4.85. The maximum Gasteiger partial charge on any atom is 0.270 e. The number of carbonyl (C=O) groups is 1. The Balaban J connectivity index is 2.20. The van der Waals surface area contributed by atoms with Crippen molar-refractivity contribution in [2.75, 3.05) is 7.11 Å². The molecule has 1 amide bonds. The topological polar surface area (TPSA) is 99.3 Å². The van der Waals surface area contributed by atoms with Crippen LogP contribution in [0.2, 0.25) is 5.02 Å². The molecule has 8 nitrogen and oxygen atoms in total. The first-order valence-corrected chi connectivity index (χ1v) is 7.03. The highest BCUT2D eigenvalue weighted by molar-refractivity contribution is 6.34. The first-order valence-electron chi connectivity index (χ1n) is 6.65. The summed E-state index contributed by atoms with van der Waals surface area (Å²) in [6, 6.07) is 3.26. The monoisotopic (exact) mass is 338 g/mol. The van der Waals surface area contributed by atoms with Crippen molar-refractivity contribution in [3.05, 3.63) is 50.8 Å². The molecule has 0 bridgehead atoms. The van der Waals surface area contributed by atoms with E-state index in [2.05, 4.69) is 10.4 Å². The summed E-state index contributed by atoms with van der Waals surface area (Å²) in [6.07, 6.45) is 1.69. The summed E-state index contributed by atoms with van der Waals surface area (Å²) >= 11 is 5.95. The smallest absolute Gasteiger partial charge is 0.270 e. The highest BCUT2D eigenvalue weighted by atomic mass is 35.5. The number of methoxy groups -OCH3 is 1. The van der Waals surface area contributed by atoms with E-state index in [1.54, 1.807) is 24.9 Å². The van der Waals surface area contributed by atoms with Crippen LogP contribution in [0.15, 0.2) is 24.4 Å². The Morgan fingerprint density at radius 3 is 2.78 bits per heavy atom. The summed E-state index contributed by atoms with van der Waals surface area (Å²) in [5.74, 6) is 0.0974. The van der Waals surface area contributed by atoms with Crippen LogP contribution in [0.5, 0.6) is 5.75 Å². The minimum absolute atomic E-state index is 0.0110. The van der Waals surface area contributed by atoms with Crippen LogP contribution in [-0.2, 0) is 7.05 Å². The molecule has 1 atom stereocenters. The Hall–Kier alpha value is -2.61. The van der Waals surface area contributed by atoms with Gasteiger partial charge in [-0.25, -0.2) is 0 Å². The van der Waals surface area contributed by atoms with E-state index in [-0.39, 0.29) is 16.3 Å². The highest BCUT2D eigenvalue weighted by Gasteiger charge is 2.21. The van der Waals surface area contributed by atoms with E-state index in [9.17, 15) is 14.9 Å². The fourth-order valence-corrected chi connectivity index (χ4v) is 2.35. The molecule has 2 aromatic rings. The van der Waals surface area contributed by atoms with Gasteiger partial charge < -0.3 is 10.1 Å². The Labute approximate surface area is 137 Å². The maximum atomic E-state index is 12.3. The Morgan fingerprint density at radius 1 is 1.52 bits per heavy atom. The zero-order valence-corrected chi connectivity index (χ0v) is 13.5. The van der Waals surface area contributed by atoms with E-state index < -0.39 is 16.9 Å². The number of aromatic nitrogens is 2. The van der Waals surface area contributed by atoms with Crippen LogP contribution in [0, 0.1) is 10.1 Å². The molecule has 0 radical (unpaired) electrons. The third-order valence-corrected chi connectivity index (χ3v) is 3.52. The van der Waals surface area contributed by atoms with Gasteiger partial charge in [0.25, 0.3) is 11.6 Å². The van der Waals surface area contributed by atoms with Crippen molar-refractivity contribution >= 4 is 23.2 Å². The van der Waals surface area contributed by atoms with Crippen molar-refractivity contribution in [1.29, 1.82) is 0 Å². The third-order valence-electron chi connectivity index (χ3n) is 3.21. The maximum absolute atomic E-state index is 12.3. The van der Waals surface area contributed by atoms with Crippen molar-refractivity contribution in [2.24, 2.45) is 7.05 Å². The van der Waals surface area contributed by atoms with E-state index in [1.165, 1.54) is 19.2 Å². The van der Waals surface area contributed by atoms with Crippen LogP contribution in [-0.4, -0.2) is 27.7 Å². The molecule has 0 aliphatic heterocycles. The number of non-ortho nitro benzene ring substituents is 1. The van der Waals surface area contributed by atoms with Gasteiger partial charge in [0.05, 0.1) is 34.9 Å². The molecule has 0 aliphatic carbocycles. The largest absolute Gasteiger partial charge is 0.493 e. The number of rotatable bonds is 5. The fourth-order valence-electron chi connectivity index (χ4n) is 2.09. The van der Waals surface area contributed by atoms with Crippen molar-refractivity contribution in [2.45, 2.75) is 13.0 Å². The zero-order valence-electron chi connectivity index (χ0n) is 12.7. The van der Waals surface area contributed by atoms with Crippen LogP contribution in [0.4, 0.5) is 5.69 Å². The molecule has 122 valence electrons. The summed E-state index contributed by atoms with van der Waals surface area (Å²) in [5, 5.41) is 17.7. The molecule has 9 heteroatoms. The van der Waals surface area contributed by atoms with E-state index in [0.29, 0.717) is 11.4 Å². The average Bonchev–Trinajstić information content (AvgIpc) is 2.88. The van der Waals surface area contributed by atoms with E-state index >= 15 is 0 Å². The van der Waals surface area contributed by atoms with E-state index in [1.807, 2.05) is 0 Å². The van der Waals surface area contributed by atoms with Gasteiger partial charge in [-0.2, -0.15) is 5.10 Å². The first kappa shape index (κ1) is 16.8. The molecule has 0 saturated heterocycles. The lowest BCUT2D eigenvalue weighted by Gasteiger charge is -2.13. The van der Waals surface area contributed by atoms with Gasteiger partial charge in [0.2, 0.25) is 0 Å². The van der Waals surface area contributed by atoms with Gasteiger partial charge in [0.1, 0.15) is 5.69 Å². The number of ether oxygens (including phenoxy) is 1. The Morgan fingerprint density at radius 2 is 2.22 bits per heavy atom. The van der Waals surface area contributed by atoms with Crippen LogP contribution >= 0.6 is 11.6 Å². The van der Waals surface area contributed by atoms with E-state index in [4.69, 9.17) is 16.3 Å². The van der Waals surface area contributed by atoms with Crippen LogP contribution in [0.25, 0.3) is 0 Å². The normalized spacial score (nSPS) is 11.8. The van der Waals surface area contributed by atoms with Crippen LogP contribution in [0.1, 0.15) is 29.0 Å². The summed E-state index contributed by atoms with van der Waals surface area (Å²) in [5.41, 5.74) is 0.548. The zero-order chi connectivity index (χ0) is 17.1. The average molecular weight is 339 g/mol. The quantitative estimate of drug-likeness (QED) is 0.667. The molecule has 0 saturated carbocycles. The minimum Gasteiger partial charge on any atom is -0.493 e. The summed E-state index contributed by atoms with van der Waals surface area (Å²) < 4.78 is 6.78. The number of nitro groups is 1. The molecule has 1 N–H and O–H groups in total. The lowest BCUT2D eigenvalue weighted by atomic mass is 10.1. The fraction of sp³-hybridized carbons (Fsp3) is 0.286. The molecule has 1 heterocycles. The lowest BCUT2D eigenvalue weighted by molar-refractivity contribution is -0.384. The number of carbonyl (C=O) groups excluding carboxylic acids is 1. The second kappa shape index (κ2) is 6.66. The van der Waals surface area contributed by atoms with Gasteiger partial charge in [-0.05, 0) is 13.0 Å². The number of nitro benzene ring substituents is 1. The Bertz CT molecular complexity index is 759. The van der Waals surface area contributed by atoms with Crippen LogP contribution < -0.4 is 10.1 Å². The van der Waals surface area contributed by atoms with Gasteiger partial charge in [0.15, 0.2) is 5.75 Å². The van der Waals surface area contributed by atoms with Crippen molar-refractivity contribution in [3.8, 4) is 5.75 Å². The number of amides is 1. The summed E-state index contributed by atoms with van der Waals surface area (Å²) in [7, 11) is 3.26. The molecule has 0 fully saturated rings.